The third-order valence-electron chi connectivity index (χ3n) is 2.89. The lowest BCUT2D eigenvalue weighted by atomic mass is 10.2. The number of nitro groups is 2. The van der Waals surface area contributed by atoms with Crippen molar-refractivity contribution in [2.24, 2.45) is 5.10 Å². The van der Waals surface area contributed by atoms with Gasteiger partial charge in [0, 0.05) is 11.6 Å². The Labute approximate surface area is 137 Å². The van der Waals surface area contributed by atoms with E-state index in [2.05, 4.69) is 22.4 Å². The third kappa shape index (κ3) is 4.38. The van der Waals surface area contributed by atoms with Crippen molar-refractivity contribution in [3.63, 3.8) is 0 Å². The molecule has 0 aliphatic heterocycles. The molecule has 0 saturated carbocycles. The summed E-state index contributed by atoms with van der Waals surface area (Å²) in [6.45, 7) is 1.64. The normalized spacial score (nSPS) is 10.5. The molecule has 0 aromatic heterocycles. The topological polar surface area (TPSA) is 111 Å². The van der Waals surface area contributed by atoms with Crippen LogP contribution in [0.25, 0.3) is 0 Å². The van der Waals surface area contributed by atoms with Gasteiger partial charge in [0.2, 0.25) is 0 Å². The molecular formula is C16H12N4O4. The van der Waals surface area contributed by atoms with Crippen LogP contribution >= 0.6 is 0 Å². The second-order valence-electron chi connectivity index (χ2n) is 4.64. The monoisotopic (exact) mass is 324 g/mol. The van der Waals surface area contributed by atoms with Gasteiger partial charge in [-0.15, -0.1) is 0 Å². The zero-order chi connectivity index (χ0) is 17.5. The molecule has 8 nitrogen and oxygen atoms in total. The van der Waals surface area contributed by atoms with Gasteiger partial charge in [-0.1, -0.05) is 24.1 Å². The first-order valence-corrected chi connectivity index (χ1v) is 6.77. The average Bonchev–Trinajstić information content (AvgIpc) is 2.58. The Hall–Kier alpha value is -3.73. The van der Waals surface area contributed by atoms with Gasteiger partial charge in [0.15, 0.2) is 0 Å². The number of hydrogen-bond donors (Lipinski definition) is 1. The molecule has 1 N–H and O–H groups in total. The number of anilines is 1. The van der Waals surface area contributed by atoms with E-state index in [1.807, 2.05) is 30.3 Å². The second-order valence-corrected chi connectivity index (χ2v) is 4.64. The Balaban J connectivity index is 2.20. The maximum Gasteiger partial charge on any atom is 0.301 e. The molecule has 2 aromatic carbocycles. The Morgan fingerprint density at radius 3 is 2.42 bits per heavy atom. The molecule has 0 radical (unpaired) electrons. The molecule has 0 amide bonds. The molecule has 0 fully saturated rings. The Morgan fingerprint density at radius 1 is 1.08 bits per heavy atom. The van der Waals surface area contributed by atoms with Crippen LogP contribution in [-0.2, 0) is 0 Å². The van der Waals surface area contributed by atoms with E-state index in [-0.39, 0.29) is 11.4 Å². The van der Waals surface area contributed by atoms with E-state index in [9.17, 15) is 20.2 Å². The number of nitrogens with one attached hydrogen (secondary N) is 1. The fourth-order valence-corrected chi connectivity index (χ4v) is 1.74. The molecule has 0 saturated heterocycles. The zero-order valence-corrected chi connectivity index (χ0v) is 12.6. The van der Waals surface area contributed by atoms with Gasteiger partial charge in [-0.3, -0.25) is 25.7 Å². The lowest BCUT2D eigenvalue weighted by molar-refractivity contribution is -0.393. The van der Waals surface area contributed by atoms with E-state index in [4.69, 9.17) is 0 Å². The molecule has 0 aliphatic rings. The van der Waals surface area contributed by atoms with E-state index >= 15 is 0 Å². The molecular weight excluding hydrogens is 312 g/mol. The van der Waals surface area contributed by atoms with Crippen molar-refractivity contribution >= 4 is 22.8 Å². The average molecular weight is 324 g/mol. The van der Waals surface area contributed by atoms with E-state index < -0.39 is 15.5 Å². The Bertz CT molecular complexity index is 867. The molecule has 24 heavy (non-hydrogen) atoms. The van der Waals surface area contributed by atoms with Gasteiger partial charge in [-0.05, 0) is 31.0 Å². The van der Waals surface area contributed by atoms with Gasteiger partial charge in [0.05, 0.1) is 15.9 Å². The molecule has 0 unspecified atom stereocenters. The first-order valence-electron chi connectivity index (χ1n) is 6.77. The highest BCUT2D eigenvalue weighted by Gasteiger charge is 2.19. The van der Waals surface area contributed by atoms with E-state index in [1.54, 1.807) is 6.92 Å². The van der Waals surface area contributed by atoms with Crippen LogP contribution in [0.2, 0.25) is 0 Å². The zero-order valence-electron chi connectivity index (χ0n) is 12.6. The SMILES string of the molecule is C/C(C#Cc1ccccc1)=N\Nc1ccc([N+](=O)[O-])cc1[N+](=O)[O-]. The first kappa shape index (κ1) is 16.6. The van der Waals surface area contributed by atoms with Gasteiger partial charge in [0.25, 0.3) is 5.69 Å². The standard InChI is InChI=1S/C16H12N4O4/c1-12(7-8-13-5-3-2-4-6-13)17-18-15-10-9-14(19(21)22)11-16(15)20(23)24/h2-6,9-11,18H,1H3/b17-12+. The predicted molar refractivity (Wildman–Crippen MR) is 89.8 cm³/mol. The summed E-state index contributed by atoms with van der Waals surface area (Å²) >= 11 is 0. The van der Waals surface area contributed by atoms with Crippen LogP contribution < -0.4 is 5.43 Å². The summed E-state index contributed by atoms with van der Waals surface area (Å²) in [7, 11) is 0. The van der Waals surface area contributed by atoms with Gasteiger partial charge in [0.1, 0.15) is 11.4 Å². The number of nitro benzene ring substituents is 2. The molecule has 0 aliphatic carbocycles. The number of rotatable bonds is 4. The molecule has 120 valence electrons. The number of hydrazone groups is 1. The molecule has 2 rings (SSSR count). The van der Waals surface area contributed by atoms with Crippen molar-refractivity contribution in [3.8, 4) is 11.8 Å². The maximum atomic E-state index is 11.0. The molecule has 0 bridgehead atoms. The summed E-state index contributed by atoms with van der Waals surface area (Å²) in [4.78, 5) is 20.3. The Kier molecular flexibility index (Phi) is 5.20. The minimum Gasteiger partial charge on any atom is -0.271 e. The molecule has 8 heteroatoms. The summed E-state index contributed by atoms with van der Waals surface area (Å²) in [5.74, 6) is 5.70. The van der Waals surface area contributed by atoms with Gasteiger partial charge in [-0.2, -0.15) is 5.10 Å². The van der Waals surface area contributed by atoms with Crippen molar-refractivity contribution < 1.29 is 9.85 Å². The van der Waals surface area contributed by atoms with Crippen molar-refractivity contribution in [2.45, 2.75) is 6.92 Å². The highest BCUT2D eigenvalue weighted by atomic mass is 16.6. The lowest BCUT2D eigenvalue weighted by Crippen LogP contribution is -2.00. The van der Waals surface area contributed by atoms with Crippen LogP contribution in [-0.4, -0.2) is 15.6 Å². The summed E-state index contributed by atoms with van der Waals surface area (Å²) in [5, 5.41) is 25.7. The summed E-state index contributed by atoms with van der Waals surface area (Å²) in [6, 6.07) is 12.5. The number of nitrogens with zero attached hydrogens (tertiary/aromatic N) is 3. The number of non-ortho nitro benzene ring substituents is 1. The van der Waals surface area contributed by atoms with E-state index in [0.717, 1.165) is 17.7 Å². The van der Waals surface area contributed by atoms with Crippen LogP contribution in [0.1, 0.15) is 12.5 Å². The highest BCUT2D eigenvalue weighted by molar-refractivity contribution is 5.99. The van der Waals surface area contributed by atoms with Crippen molar-refractivity contribution in [1.29, 1.82) is 0 Å². The number of benzene rings is 2. The predicted octanol–water partition coefficient (Wildman–Crippen LogP) is 3.34. The molecule has 2 aromatic rings. The first-order chi connectivity index (χ1) is 11.5. The summed E-state index contributed by atoms with van der Waals surface area (Å²) in [6.07, 6.45) is 0. The van der Waals surface area contributed by atoms with Crippen molar-refractivity contribution in [2.75, 3.05) is 5.43 Å². The Morgan fingerprint density at radius 2 is 1.79 bits per heavy atom. The van der Waals surface area contributed by atoms with Crippen molar-refractivity contribution in [3.05, 3.63) is 74.3 Å². The van der Waals surface area contributed by atoms with E-state index in [0.29, 0.717) is 5.71 Å². The second kappa shape index (κ2) is 7.51. The minimum absolute atomic E-state index is 0.0476. The summed E-state index contributed by atoms with van der Waals surface area (Å²) < 4.78 is 0. The minimum atomic E-state index is -0.712. The van der Waals surface area contributed by atoms with Crippen LogP contribution in [0.15, 0.2) is 53.6 Å². The molecule has 0 spiro atoms. The van der Waals surface area contributed by atoms with Crippen LogP contribution in [0.5, 0.6) is 0 Å². The van der Waals surface area contributed by atoms with Gasteiger partial charge >= 0.3 is 5.69 Å². The van der Waals surface area contributed by atoms with Crippen LogP contribution in [0.4, 0.5) is 17.1 Å². The highest BCUT2D eigenvalue weighted by Crippen LogP contribution is 2.28. The fraction of sp³-hybridized carbons (Fsp3) is 0.0625. The fourth-order valence-electron chi connectivity index (χ4n) is 1.74. The van der Waals surface area contributed by atoms with Crippen LogP contribution in [0, 0.1) is 32.1 Å². The van der Waals surface area contributed by atoms with Gasteiger partial charge in [-0.25, -0.2) is 0 Å². The lowest BCUT2D eigenvalue weighted by Gasteiger charge is -2.02. The quantitative estimate of drug-likeness (QED) is 0.401. The smallest absolute Gasteiger partial charge is 0.271 e. The van der Waals surface area contributed by atoms with Crippen molar-refractivity contribution in [1.82, 2.24) is 0 Å². The third-order valence-corrected chi connectivity index (χ3v) is 2.89. The van der Waals surface area contributed by atoms with Gasteiger partial charge < -0.3 is 0 Å². The largest absolute Gasteiger partial charge is 0.301 e. The molecule has 0 atom stereocenters. The summed E-state index contributed by atoms with van der Waals surface area (Å²) in [5.41, 5.74) is 2.99. The van der Waals surface area contributed by atoms with E-state index in [1.165, 1.54) is 6.07 Å². The van der Waals surface area contributed by atoms with Crippen LogP contribution in [0.3, 0.4) is 0 Å². The molecule has 0 heterocycles. The maximum absolute atomic E-state index is 11.0. The number of hydrogen-bond acceptors (Lipinski definition) is 6.